The number of nitrogens with one attached hydrogen (secondary N) is 3. The summed E-state index contributed by atoms with van der Waals surface area (Å²) in [4.78, 5) is 29.3. The number of H-pyrrole nitrogens is 1. The normalized spacial score (nSPS) is 10.6. The number of amides is 1. The molecule has 0 aliphatic heterocycles. The molecule has 2 rings (SSSR count). The van der Waals surface area contributed by atoms with Gasteiger partial charge in [0.1, 0.15) is 5.52 Å². The van der Waals surface area contributed by atoms with Crippen molar-refractivity contribution in [3.8, 4) is 0 Å². The lowest BCUT2D eigenvalue weighted by Crippen LogP contribution is -2.35. The van der Waals surface area contributed by atoms with Crippen LogP contribution in [0.4, 0.5) is 11.8 Å². The zero-order valence-electron chi connectivity index (χ0n) is 11.9. The number of fused-ring (bicyclic) bond motifs is 1. The van der Waals surface area contributed by atoms with Gasteiger partial charge < -0.3 is 20.5 Å². The van der Waals surface area contributed by atoms with Gasteiger partial charge in [-0.3, -0.25) is 4.79 Å². The highest BCUT2D eigenvalue weighted by Gasteiger charge is 2.15. The molecule has 0 radical (unpaired) electrons. The second-order valence-electron chi connectivity index (χ2n) is 4.31. The Bertz CT molecular complexity index is 595. The fourth-order valence-electron chi connectivity index (χ4n) is 1.87. The molecule has 3 N–H and O–H groups in total. The van der Waals surface area contributed by atoms with Crippen LogP contribution in [0, 0.1) is 0 Å². The van der Waals surface area contributed by atoms with Crippen LogP contribution in [0.2, 0.25) is 0 Å². The number of carbonyl (C=O) groups excluding carboxylic acids is 1. The van der Waals surface area contributed by atoms with Gasteiger partial charge in [0.05, 0.1) is 12.9 Å². The maximum absolute atomic E-state index is 11.7. The van der Waals surface area contributed by atoms with Crippen molar-refractivity contribution in [1.29, 1.82) is 0 Å². The fraction of sp³-hybridized carbons (Fsp3) is 0.500. The quantitative estimate of drug-likeness (QED) is 0.705. The number of carbonyl (C=O) groups is 1. The van der Waals surface area contributed by atoms with Gasteiger partial charge in [-0.15, -0.1) is 0 Å². The van der Waals surface area contributed by atoms with Gasteiger partial charge in [-0.1, -0.05) is 0 Å². The standard InChI is InChI=1S/C12H19N7O/c1-4-13-8(20)6-19(3)11-9-10(16-7-15-9)17-12(18-11)14-5-2/h7H,4-6H2,1-3H3,(H,13,20)(H2,14,15,16,17,18). The largest absolute Gasteiger partial charge is 0.355 e. The molecule has 0 spiro atoms. The van der Waals surface area contributed by atoms with E-state index in [0.29, 0.717) is 24.0 Å². The first-order valence-electron chi connectivity index (χ1n) is 6.58. The molecule has 20 heavy (non-hydrogen) atoms. The van der Waals surface area contributed by atoms with Crippen molar-refractivity contribution in [3.63, 3.8) is 0 Å². The minimum atomic E-state index is -0.0497. The van der Waals surface area contributed by atoms with Crippen LogP contribution in [0.15, 0.2) is 6.33 Å². The summed E-state index contributed by atoms with van der Waals surface area (Å²) in [6.45, 7) is 5.41. The SMILES string of the molecule is CCNC(=O)CN(C)c1nc(NCC)nc2nc[nH]c12. The van der Waals surface area contributed by atoms with E-state index in [1.807, 2.05) is 20.9 Å². The molecule has 0 saturated heterocycles. The van der Waals surface area contributed by atoms with Gasteiger partial charge in [0.2, 0.25) is 11.9 Å². The number of aromatic amines is 1. The van der Waals surface area contributed by atoms with Gasteiger partial charge >= 0.3 is 0 Å². The summed E-state index contributed by atoms with van der Waals surface area (Å²) < 4.78 is 0. The molecule has 0 bridgehead atoms. The van der Waals surface area contributed by atoms with Crippen LogP contribution in [0.3, 0.4) is 0 Å². The number of likely N-dealkylation sites (N-methyl/N-ethyl adjacent to an activating group) is 2. The van der Waals surface area contributed by atoms with Crippen molar-refractivity contribution in [2.24, 2.45) is 0 Å². The molecule has 0 aliphatic rings. The van der Waals surface area contributed by atoms with E-state index in [1.165, 1.54) is 0 Å². The van der Waals surface area contributed by atoms with Crippen molar-refractivity contribution in [3.05, 3.63) is 6.33 Å². The van der Waals surface area contributed by atoms with Crippen LogP contribution < -0.4 is 15.5 Å². The number of nitrogens with zero attached hydrogens (tertiary/aromatic N) is 4. The zero-order valence-corrected chi connectivity index (χ0v) is 11.9. The van der Waals surface area contributed by atoms with Crippen LogP contribution >= 0.6 is 0 Å². The summed E-state index contributed by atoms with van der Waals surface area (Å²) in [7, 11) is 1.81. The summed E-state index contributed by atoms with van der Waals surface area (Å²) in [6.07, 6.45) is 1.57. The molecule has 2 heterocycles. The summed E-state index contributed by atoms with van der Waals surface area (Å²) in [5, 5.41) is 5.82. The number of hydrogen-bond acceptors (Lipinski definition) is 6. The highest BCUT2D eigenvalue weighted by Crippen LogP contribution is 2.21. The average Bonchev–Trinajstić information content (AvgIpc) is 2.86. The van der Waals surface area contributed by atoms with Crippen molar-refractivity contribution < 1.29 is 4.79 Å². The highest BCUT2D eigenvalue weighted by molar-refractivity contribution is 5.87. The summed E-state index contributed by atoms with van der Waals surface area (Å²) in [5.74, 6) is 1.10. The Kier molecular flexibility index (Phi) is 4.34. The summed E-state index contributed by atoms with van der Waals surface area (Å²) >= 11 is 0. The smallest absolute Gasteiger partial charge is 0.239 e. The molecule has 0 atom stereocenters. The van der Waals surface area contributed by atoms with E-state index in [-0.39, 0.29) is 12.5 Å². The lowest BCUT2D eigenvalue weighted by Gasteiger charge is -2.18. The van der Waals surface area contributed by atoms with Gasteiger partial charge in [-0.2, -0.15) is 9.97 Å². The highest BCUT2D eigenvalue weighted by atomic mass is 16.2. The Balaban J connectivity index is 2.30. The first-order chi connectivity index (χ1) is 9.65. The third-order valence-electron chi connectivity index (χ3n) is 2.72. The molecule has 2 aromatic rings. The molecule has 108 valence electrons. The lowest BCUT2D eigenvalue weighted by atomic mass is 10.4. The Morgan fingerprint density at radius 2 is 2.15 bits per heavy atom. The van der Waals surface area contributed by atoms with E-state index in [2.05, 4.69) is 30.6 Å². The van der Waals surface area contributed by atoms with Crippen molar-refractivity contribution in [2.75, 3.05) is 36.9 Å². The minimum Gasteiger partial charge on any atom is -0.355 e. The topological polar surface area (TPSA) is 98.8 Å². The fourth-order valence-corrected chi connectivity index (χ4v) is 1.87. The van der Waals surface area contributed by atoms with Crippen LogP contribution in [-0.4, -0.2) is 52.5 Å². The first kappa shape index (κ1) is 14.0. The third-order valence-corrected chi connectivity index (χ3v) is 2.72. The monoisotopic (exact) mass is 277 g/mol. The number of aromatic nitrogens is 4. The van der Waals surface area contributed by atoms with Gasteiger partial charge in [0.25, 0.3) is 0 Å². The average molecular weight is 277 g/mol. The predicted octanol–water partition coefficient (Wildman–Crippen LogP) is 0.357. The maximum atomic E-state index is 11.7. The summed E-state index contributed by atoms with van der Waals surface area (Å²) in [5.41, 5.74) is 1.30. The van der Waals surface area contributed by atoms with E-state index in [4.69, 9.17) is 0 Å². The molecule has 0 unspecified atom stereocenters. The van der Waals surface area contributed by atoms with Crippen molar-refractivity contribution >= 4 is 28.8 Å². The third kappa shape index (κ3) is 2.95. The second kappa shape index (κ2) is 6.18. The predicted molar refractivity (Wildman–Crippen MR) is 77.8 cm³/mol. The number of hydrogen-bond donors (Lipinski definition) is 3. The van der Waals surface area contributed by atoms with E-state index in [1.54, 1.807) is 11.2 Å². The molecule has 1 amide bonds. The molecule has 2 aromatic heterocycles. The van der Waals surface area contributed by atoms with Crippen LogP contribution in [0.25, 0.3) is 11.2 Å². The molecule has 8 heteroatoms. The molecule has 0 aliphatic carbocycles. The molecule has 0 saturated carbocycles. The van der Waals surface area contributed by atoms with E-state index in [9.17, 15) is 4.79 Å². The maximum Gasteiger partial charge on any atom is 0.239 e. The van der Waals surface area contributed by atoms with Crippen LogP contribution in [-0.2, 0) is 4.79 Å². The van der Waals surface area contributed by atoms with E-state index in [0.717, 1.165) is 12.1 Å². The lowest BCUT2D eigenvalue weighted by molar-refractivity contribution is -0.119. The Hall–Kier alpha value is -2.38. The number of imidazole rings is 1. The van der Waals surface area contributed by atoms with Gasteiger partial charge in [0, 0.05) is 20.1 Å². The Morgan fingerprint density at radius 1 is 1.35 bits per heavy atom. The van der Waals surface area contributed by atoms with Gasteiger partial charge in [0.15, 0.2) is 11.5 Å². The zero-order chi connectivity index (χ0) is 14.5. The number of rotatable bonds is 6. The van der Waals surface area contributed by atoms with Gasteiger partial charge in [-0.25, -0.2) is 4.98 Å². The second-order valence-corrected chi connectivity index (χ2v) is 4.31. The van der Waals surface area contributed by atoms with E-state index >= 15 is 0 Å². The minimum absolute atomic E-state index is 0.0497. The molecule has 8 nitrogen and oxygen atoms in total. The van der Waals surface area contributed by atoms with Crippen molar-refractivity contribution in [2.45, 2.75) is 13.8 Å². The molecule has 0 fully saturated rings. The molecular formula is C12H19N7O. The first-order valence-corrected chi connectivity index (χ1v) is 6.58. The molecule has 0 aromatic carbocycles. The Labute approximate surface area is 117 Å². The Morgan fingerprint density at radius 3 is 2.85 bits per heavy atom. The van der Waals surface area contributed by atoms with Crippen LogP contribution in [0.5, 0.6) is 0 Å². The van der Waals surface area contributed by atoms with Crippen LogP contribution in [0.1, 0.15) is 13.8 Å². The molecular weight excluding hydrogens is 258 g/mol. The summed E-state index contributed by atoms with van der Waals surface area (Å²) in [6, 6.07) is 0. The van der Waals surface area contributed by atoms with E-state index < -0.39 is 0 Å². The number of anilines is 2. The van der Waals surface area contributed by atoms with Gasteiger partial charge in [-0.05, 0) is 13.8 Å². The van der Waals surface area contributed by atoms with Crippen molar-refractivity contribution in [1.82, 2.24) is 25.3 Å².